The first-order chi connectivity index (χ1) is 11.6. The molecule has 2 aromatic heterocycles. The summed E-state index contributed by atoms with van der Waals surface area (Å²) < 4.78 is 3.31. The molecule has 1 amide bonds. The maximum absolute atomic E-state index is 12.4. The van der Waals surface area contributed by atoms with Gasteiger partial charge in [-0.3, -0.25) is 4.79 Å². The minimum absolute atomic E-state index is 0.0746. The van der Waals surface area contributed by atoms with Gasteiger partial charge in [-0.1, -0.05) is 23.7 Å². The number of hydrogen-bond acceptors (Lipinski definition) is 3. The summed E-state index contributed by atoms with van der Waals surface area (Å²) in [5, 5.41) is 17.2. The number of rotatable bonds is 5. The average Bonchev–Trinajstić information content (AvgIpc) is 3.15. The Morgan fingerprint density at radius 1 is 1.29 bits per heavy atom. The quantitative estimate of drug-likeness (QED) is 0.747. The summed E-state index contributed by atoms with van der Waals surface area (Å²) in [6.45, 7) is 0.213. The Morgan fingerprint density at radius 2 is 2.04 bits per heavy atom. The Kier molecular flexibility index (Phi) is 4.69. The number of hydrogen-bond donors (Lipinski definition) is 2. The third-order valence-electron chi connectivity index (χ3n) is 3.65. The summed E-state index contributed by atoms with van der Waals surface area (Å²) in [4.78, 5) is 12.4. The van der Waals surface area contributed by atoms with E-state index in [4.69, 9.17) is 11.6 Å². The van der Waals surface area contributed by atoms with Crippen LogP contribution in [0.4, 0.5) is 5.82 Å². The van der Waals surface area contributed by atoms with E-state index in [1.165, 1.54) is 0 Å². The topological polar surface area (TPSA) is 72.1 Å². The predicted octanol–water partition coefficient (Wildman–Crippen LogP) is 2.79. The van der Waals surface area contributed by atoms with Gasteiger partial charge in [-0.05, 0) is 24.3 Å². The van der Waals surface area contributed by atoms with Crippen molar-refractivity contribution in [3.63, 3.8) is 0 Å². The lowest BCUT2D eigenvalue weighted by molar-refractivity contribution is 0.101. The molecule has 0 unspecified atom stereocenters. The highest BCUT2D eigenvalue weighted by Gasteiger charge is 2.15. The summed E-state index contributed by atoms with van der Waals surface area (Å²) in [6.07, 6.45) is 1.80. The van der Waals surface area contributed by atoms with E-state index in [1.54, 1.807) is 52.8 Å². The third-order valence-corrected chi connectivity index (χ3v) is 3.90. The van der Waals surface area contributed by atoms with Crippen molar-refractivity contribution in [3.05, 3.63) is 59.4 Å². The maximum Gasteiger partial charge on any atom is 0.273 e. The number of nitrogens with zero attached hydrogens (tertiary/aromatic N) is 3. The lowest BCUT2D eigenvalue weighted by Gasteiger charge is -2.08. The van der Waals surface area contributed by atoms with Crippen LogP contribution in [-0.4, -0.2) is 32.0 Å². The highest BCUT2D eigenvalue weighted by Crippen LogP contribution is 2.24. The number of aliphatic hydroxyl groups excluding tert-OH is 1. The van der Waals surface area contributed by atoms with E-state index in [-0.39, 0.29) is 19.1 Å². The van der Waals surface area contributed by atoms with Crippen LogP contribution in [0.2, 0.25) is 5.02 Å². The zero-order chi connectivity index (χ0) is 17.1. The van der Waals surface area contributed by atoms with Gasteiger partial charge in [-0.15, -0.1) is 0 Å². The van der Waals surface area contributed by atoms with E-state index in [0.29, 0.717) is 22.2 Å². The lowest BCUT2D eigenvalue weighted by atomic mass is 10.1. The second kappa shape index (κ2) is 6.90. The number of amides is 1. The molecule has 0 atom stereocenters. The van der Waals surface area contributed by atoms with Crippen LogP contribution in [-0.2, 0) is 13.6 Å². The minimum Gasteiger partial charge on any atom is -0.394 e. The third kappa shape index (κ3) is 3.34. The van der Waals surface area contributed by atoms with Crippen LogP contribution >= 0.6 is 11.6 Å². The highest BCUT2D eigenvalue weighted by atomic mass is 35.5. The number of carbonyl (C=O) groups excluding carboxylic acids is 1. The van der Waals surface area contributed by atoms with Crippen molar-refractivity contribution in [1.82, 2.24) is 14.3 Å². The van der Waals surface area contributed by atoms with E-state index < -0.39 is 0 Å². The van der Waals surface area contributed by atoms with Crippen LogP contribution in [0.25, 0.3) is 11.3 Å². The van der Waals surface area contributed by atoms with Gasteiger partial charge in [0, 0.05) is 29.9 Å². The molecule has 2 N–H and O–H groups in total. The number of aliphatic hydroxyl groups is 1. The van der Waals surface area contributed by atoms with E-state index in [1.807, 2.05) is 12.1 Å². The lowest BCUT2D eigenvalue weighted by Crippen LogP contribution is -2.18. The largest absolute Gasteiger partial charge is 0.394 e. The number of aryl methyl sites for hydroxylation is 1. The molecule has 0 saturated carbocycles. The Balaban J connectivity index is 1.90. The predicted molar refractivity (Wildman–Crippen MR) is 93.1 cm³/mol. The van der Waals surface area contributed by atoms with Gasteiger partial charge in [0.05, 0.1) is 18.8 Å². The maximum atomic E-state index is 12.4. The van der Waals surface area contributed by atoms with Crippen molar-refractivity contribution in [2.45, 2.75) is 6.54 Å². The van der Waals surface area contributed by atoms with Gasteiger partial charge in [-0.25, -0.2) is 4.68 Å². The first-order valence-corrected chi connectivity index (χ1v) is 7.83. The van der Waals surface area contributed by atoms with Crippen LogP contribution in [0, 0.1) is 0 Å². The zero-order valence-corrected chi connectivity index (χ0v) is 13.9. The average molecular weight is 345 g/mol. The minimum atomic E-state index is -0.232. The number of carbonyl (C=O) groups is 1. The highest BCUT2D eigenvalue weighted by molar-refractivity contribution is 6.30. The Labute approximate surface area is 144 Å². The van der Waals surface area contributed by atoms with Crippen LogP contribution in [0.3, 0.4) is 0 Å². The summed E-state index contributed by atoms with van der Waals surface area (Å²) in [7, 11) is 1.80. The SMILES string of the molecule is Cn1cccc1C(=O)Nc1cc(-c2ccc(Cl)cc2)nn1CCO. The Hall–Kier alpha value is -2.57. The summed E-state index contributed by atoms with van der Waals surface area (Å²) in [6, 6.07) is 12.6. The zero-order valence-electron chi connectivity index (χ0n) is 13.1. The molecule has 124 valence electrons. The molecule has 0 aliphatic carbocycles. The van der Waals surface area contributed by atoms with Crippen molar-refractivity contribution in [2.24, 2.45) is 7.05 Å². The molecule has 1 aromatic carbocycles. The van der Waals surface area contributed by atoms with Crippen molar-refractivity contribution < 1.29 is 9.90 Å². The number of halogens is 1. The molecule has 3 rings (SSSR count). The van der Waals surface area contributed by atoms with Gasteiger partial charge >= 0.3 is 0 Å². The Morgan fingerprint density at radius 3 is 2.67 bits per heavy atom. The molecule has 6 nitrogen and oxygen atoms in total. The second-order valence-corrected chi connectivity index (χ2v) is 5.76. The van der Waals surface area contributed by atoms with Crippen LogP contribution < -0.4 is 5.32 Å². The van der Waals surface area contributed by atoms with Gasteiger partial charge < -0.3 is 15.0 Å². The van der Waals surface area contributed by atoms with Crippen molar-refractivity contribution in [2.75, 3.05) is 11.9 Å². The van der Waals surface area contributed by atoms with Gasteiger partial charge in [0.2, 0.25) is 0 Å². The molecule has 0 radical (unpaired) electrons. The fraction of sp³-hybridized carbons (Fsp3) is 0.176. The molecule has 0 spiro atoms. The van der Waals surface area contributed by atoms with E-state index in [2.05, 4.69) is 10.4 Å². The van der Waals surface area contributed by atoms with E-state index >= 15 is 0 Å². The van der Waals surface area contributed by atoms with Crippen molar-refractivity contribution in [3.8, 4) is 11.3 Å². The molecule has 2 heterocycles. The number of nitrogens with one attached hydrogen (secondary N) is 1. The van der Waals surface area contributed by atoms with Crippen LogP contribution in [0.5, 0.6) is 0 Å². The first-order valence-electron chi connectivity index (χ1n) is 7.46. The smallest absolute Gasteiger partial charge is 0.273 e. The van der Waals surface area contributed by atoms with Crippen LogP contribution in [0.1, 0.15) is 10.5 Å². The normalized spacial score (nSPS) is 10.8. The van der Waals surface area contributed by atoms with Crippen LogP contribution in [0.15, 0.2) is 48.7 Å². The molecule has 24 heavy (non-hydrogen) atoms. The summed E-state index contributed by atoms with van der Waals surface area (Å²) >= 11 is 5.91. The monoisotopic (exact) mass is 344 g/mol. The number of benzene rings is 1. The van der Waals surface area contributed by atoms with Gasteiger partial charge in [-0.2, -0.15) is 5.10 Å². The fourth-order valence-corrected chi connectivity index (χ4v) is 2.55. The molecular weight excluding hydrogens is 328 g/mol. The molecule has 0 aliphatic rings. The van der Waals surface area contributed by atoms with Crippen molar-refractivity contribution >= 4 is 23.3 Å². The molecule has 0 saturated heterocycles. The molecule has 0 fully saturated rings. The van der Waals surface area contributed by atoms with Crippen molar-refractivity contribution in [1.29, 1.82) is 0 Å². The van der Waals surface area contributed by atoms with Gasteiger partial charge in [0.15, 0.2) is 0 Å². The summed E-state index contributed by atoms with van der Waals surface area (Å²) in [5.41, 5.74) is 2.12. The number of anilines is 1. The van der Waals surface area contributed by atoms with Gasteiger partial charge in [0.25, 0.3) is 5.91 Å². The number of aromatic nitrogens is 3. The molecule has 0 aliphatic heterocycles. The fourth-order valence-electron chi connectivity index (χ4n) is 2.42. The molecular formula is C17H17ClN4O2. The first kappa shape index (κ1) is 16.3. The summed E-state index contributed by atoms with van der Waals surface area (Å²) in [5.74, 6) is 0.296. The Bertz CT molecular complexity index is 852. The standard InChI is InChI=1S/C17H17ClN4O2/c1-21-8-2-3-15(21)17(24)19-16-11-14(20-22(16)9-10-23)12-4-6-13(18)7-5-12/h2-8,11,23H,9-10H2,1H3,(H,19,24). The molecule has 3 aromatic rings. The van der Waals surface area contributed by atoms with E-state index in [0.717, 1.165) is 5.56 Å². The van der Waals surface area contributed by atoms with E-state index in [9.17, 15) is 9.90 Å². The molecule has 7 heteroatoms. The van der Waals surface area contributed by atoms with Gasteiger partial charge in [0.1, 0.15) is 11.5 Å². The second-order valence-electron chi connectivity index (χ2n) is 5.33. The molecule has 0 bridgehead atoms.